The molecule has 0 atom stereocenters. The van der Waals surface area contributed by atoms with Crippen molar-refractivity contribution in [1.82, 2.24) is 5.32 Å². The van der Waals surface area contributed by atoms with Crippen LogP contribution < -0.4 is 5.32 Å². The lowest BCUT2D eigenvalue weighted by Crippen LogP contribution is -2.24. The van der Waals surface area contributed by atoms with E-state index in [1.807, 2.05) is 43.3 Å². The first-order chi connectivity index (χ1) is 11.1. The van der Waals surface area contributed by atoms with Gasteiger partial charge in [0.15, 0.2) is 5.76 Å². The van der Waals surface area contributed by atoms with Gasteiger partial charge in [-0.25, -0.2) is 0 Å². The Kier molecular flexibility index (Phi) is 3.38. The summed E-state index contributed by atoms with van der Waals surface area (Å²) in [6.07, 6.45) is 2.10. The van der Waals surface area contributed by atoms with Gasteiger partial charge in [-0.3, -0.25) is 4.79 Å². The van der Waals surface area contributed by atoms with Gasteiger partial charge >= 0.3 is 0 Å². The standard InChI is InChI=1S/C19H16ClNO2/c1-11-2-9-15-16(10-11)17(12-3-5-13(20)6-4-12)23-18(15)19(22)21-14-7-8-14/h2-6,9-10,14H,7-8H2,1H3,(H,21,22). The fraction of sp³-hybridized carbons (Fsp3) is 0.211. The normalized spacial score (nSPS) is 14.2. The second-order valence-corrected chi connectivity index (χ2v) is 6.50. The molecular formula is C19H16ClNO2. The Balaban J connectivity index is 1.87. The van der Waals surface area contributed by atoms with Crippen molar-refractivity contribution < 1.29 is 9.21 Å². The molecule has 1 heterocycles. The third kappa shape index (κ3) is 2.73. The molecule has 1 saturated carbocycles. The van der Waals surface area contributed by atoms with Crippen LogP contribution in [-0.4, -0.2) is 11.9 Å². The van der Waals surface area contributed by atoms with Crippen LogP contribution >= 0.6 is 11.6 Å². The predicted octanol–water partition coefficient (Wildman–Crippen LogP) is 4.95. The summed E-state index contributed by atoms with van der Waals surface area (Å²) in [4.78, 5) is 12.5. The molecular weight excluding hydrogens is 310 g/mol. The van der Waals surface area contributed by atoms with Crippen molar-refractivity contribution in [3.63, 3.8) is 0 Å². The Morgan fingerprint density at radius 2 is 1.87 bits per heavy atom. The molecule has 3 aromatic rings. The second kappa shape index (κ2) is 5.43. The summed E-state index contributed by atoms with van der Waals surface area (Å²) in [6.45, 7) is 2.03. The minimum absolute atomic E-state index is 0.137. The molecule has 3 nitrogen and oxygen atoms in total. The molecule has 1 aliphatic rings. The number of nitrogens with one attached hydrogen (secondary N) is 1. The summed E-state index contributed by atoms with van der Waals surface area (Å²) in [5, 5.41) is 5.47. The molecule has 0 radical (unpaired) electrons. The van der Waals surface area contributed by atoms with Crippen LogP contribution in [0.4, 0.5) is 0 Å². The van der Waals surface area contributed by atoms with Gasteiger partial charge in [-0.1, -0.05) is 29.3 Å². The summed E-state index contributed by atoms with van der Waals surface area (Å²) < 4.78 is 5.98. The number of fused-ring (bicyclic) bond motifs is 1. The largest absolute Gasteiger partial charge is 0.450 e. The number of hydrogen-bond acceptors (Lipinski definition) is 2. The molecule has 1 aromatic heterocycles. The third-order valence-electron chi connectivity index (χ3n) is 4.09. The highest BCUT2D eigenvalue weighted by molar-refractivity contribution is 6.30. The first kappa shape index (κ1) is 14.3. The van der Waals surface area contributed by atoms with Gasteiger partial charge in [0, 0.05) is 27.4 Å². The maximum absolute atomic E-state index is 12.5. The first-order valence-electron chi connectivity index (χ1n) is 7.72. The second-order valence-electron chi connectivity index (χ2n) is 6.06. The molecule has 116 valence electrons. The van der Waals surface area contributed by atoms with Gasteiger partial charge in [0.2, 0.25) is 0 Å². The van der Waals surface area contributed by atoms with E-state index < -0.39 is 0 Å². The Hall–Kier alpha value is -2.26. The lowest BCUT2D eigenvalue weighted by atomic mass is 10.0. The van der Waals surface area contributed by atoms with E-state index in [2.05, 4.69) is 11.4 Å². The molecule has 4 rings (SSSR count). The van der Waals surface area contributed by atoms with Crippen molar-refractivity contribution in [2.45, 2.75) is 25.8 Å². The quantitative estimate of drug-likeness (QED) is 0.740. The van der Waals surface area contributed by atoms with Crippen LogP contribution in [-0.2, 0) is 0 Å². The molecule has 1 amide bonds. The fourth-order valence-electron chi connectivity index (χ4n) is 2.72. The van der Waals surface area contributed by atoms with Crippen LogP contribution in [0.15, 0.2) is 46.9 Å². The number of aryl methyl sites for hydroxylation is 1. The number of hydrogen-bond donors (Lipinski definition) is 1. The highest BCUT2D eigenvalue weighted by atomic mass is 35.5. The number of rotatable bonds is 3. The van der Waals surface area contributed by atoms with E-state index in [9.17, 15) is 4.79 Å². The van der Waals surface area contributed by atoms with E-state index in [4.69, 9.17) is 16.0 Å². The minimum atomic E-state index is -0.137. The number of carbonyl (C=O) groups is 1. The van der Waals surface area contributed by atoms with Crippen molar-refractivity contribution in [1.29, 1.82) is 0 Å². The molecule has 1 N–H and O–H groups in total. The Morgan fingerprint density at radius 3 is 2.57 bits per heavy atom. The molecule has 0 unspecified atom stereocenters. The van der Waals surface area contributed by atoms with Crippen LogP contribution in [0.5, 0.6) is 0 Å². The van der Waals surface area contributed by atoms with Gasteiger partial charge in [-0.15, -0.1) is 0 Å². The number of carbonyl (C=O) groups excluding carboxylic acids is 1. The van der Waals surface area contributed by atoms with Crippen LogP contribution in [0.3, 0.4) is 0 Å². The topological polar surface area (TPSA) is 42.2 Å². The van der Waals surface area contributed by atoms with Gasteiger partial charge in [0.1, 0.15) is 5.76 Å². The number of benzene rings is 2. The summed E-state index contributed by atoms with van der Waals surface area (Å²) in [5.74, 6) is 0.958. The zero-order chi connectivity index (χ0) is 16.0. The number of amides is 1. The maximum atomic E-state index is 12.5. The van der Waals surface area contributed by atoms with E-state index in [1.165, 1.54) is 0 Å². The predicted molar refractivity (Wildman–Crippen MR) is 91.9 cm³/mol. The van der Waals surface area contributed by atoms with Crippen molar-refractivity contribution in [3.05, 3.63) is 58.8 Å². The molecule has 0 aliphatic heterocycles. The summed E-state index contributed by atoms with van der Waals surface area (Å²) >= 11 is 5.97. The van der Waals surface area contributed by atoms with Gasteiger partial charge in [-0.05, 0) is 50.1 Å². The zero-order valence-corrected chi connectivity index (χ0v) is 13.5. The highest BCUT2D eigenvalue weighted by Crippen LogP contribution is 2.35. The van der Waals surface area contributed by atoms with Gasteiger partial charge in [0.25, 0.3) is 5.91 Å². The van der Waals surface area contributed by atoms with E-state index in [-0.39, 0.29) is 5.91 Å². The smallest absolute Gasteiger partial charge is 0.287 e. The minimum Gasteiger partial charge on any atom is -0.450 e. The lowest BCUT2D eigenvalue weighted by Gasteiger charge is -2.00. The highest BCUT2D eigenvalue weighted by Gasteiger charge is 2.27. The van der Waals surface area contributed by atoms with Gasteiger partial charge in [-0.2, -0.15) is 0 Å². The van der Waals surface area contributed by atoms with E-state index in [0.717, 1.165) is 34.7 Å². The lowest BCUT2D eigenvalue weighted by molar-refractivity contribution is 0.0926. The van der Waals surface area contributed by atoms with Crippen molar-refractivity contribution in [2.75, 3.05) is 0 Å². The van der Waals surface area contributed by atoms with Crippen molar-refractivity contribution in [2.24, 2.45) is 0 Å². The number of halogens is 1. The third-order valence-corrected chi connectivity index (χ3v) is 4.35. The molecule has 0 saturated heterocycles. The Labute approximate surface area is 139 Å². The molecule has 1 fully saturated rings. The average Bonchev–Trinajstić information content (AvgIpc) is 3.26. The first-order valence-corrected chi connectivity index (χ1v) is 8.09. The molecule has 4 heteroatoms. The van der Waals surface area contributed by atoms with Crippen molar-refractivity contribution >= 4 is 28.3 Å². The SMILES string of the molecule is Cc1ccc2c(C(=O)NC3CC3)oc(-c3ccc(Cl)cc3)c2c1. The van der Waals surface area contributed by atoms with E-state index in [1.54, 1.807) is 0 Å². The van der Waals surface area contributed by atoms with Crippen LogP contribution in [0, 0.1) is 6.92 Å². The Bertz CT molecular complexity index is 892. The van der Waals surface area contributed by atoms with E-state index >= 15 is 0 Å². The van der Waals surface area contributed by atoms with Crippen LogP contribution in [0.1, 0.15) is 29.0 Å². The summed E-state index contributed by atoms with van der Waals surface area (Å²) in [7, 11) is 0. The van der Waals surface area contributed by atoms with Gasteiger partial charge < -0.3 is 9.73 Å². The molecule has 0 spiro atoms. The number of furan rings is 1. The van der Waals surface area contributed by atoms with Crippen LogP contribution in [0.25, 0.3) is 22.1 Å². The van der Waals surface area contributed by atoms with Crippen molar-refractivity contribution in [3.8, 4) is 11.3 Å². The van der Waals surface area contributed by atoms with E-state index in [0.29, 0.717) is 22.6 Å². The van der Waals surface area contributed by atoms with Crippen LogP contribution in [0.2, 0.25) is 5.02 Å². The monoisotopic (exact) mass is 325 g/mol. The summed E-state index contributed by atoms with van der Waals surface area (Å²) in [6, 6.07) is 13.8. The maximum Gasteiger partial charge on any atom is 0.287 e. The average molecular weight is 326 g/mol. The zero-order valence-electron chi connectivity index (χ0n) is 12.7. The molecule has 2 aromatic carbocycles. The Morgan fingerprint density at radius 1 is 1.13 bits per heavy atom. The molecule has 1 aliphatic carbocycles. The molecule has 0 bridgehead atoms. The fourth-order valence-corrected chi connectivity index (χ4v) is 2.84. The summed E-state index contributed by atoms with van der Waals surface area (Å²) in [5.41, 5.74) is 2.04. The molecule has 23 heavy (non-hydrogen) atoms. The van der Waals surface area contributed by atoms with Gasteiger partial charge in [0.05, 0.1) is 0 Å².